The van der Waals surface area contributed by atoms with Crippen molar-refractivity contribution in [3.63, 3.8) is 0 Å². The summed E-state index contributed by atoms with van der Waals surface area (Å²) in [7, 11) is 1.94. The van der Waals surface area contributed by atoms with Crippen LogP contribution < -0.4 is 10.2 Å². The lowest BCUT2D eigenvalue weighted by molar-refractivity contribution is 0.580. The average molecular weight is 233 g/mol. The van der Waals surface area contributed by atoms with Crippen LogP contribution in [0.3, 0.4) is 0 Å². The van der Waals surface area contributed by atoms with Crippen LogP contribution in [-0.4, -0.2) is 50.9 Å². The fraction of sp³-hybridized carbons (Fsp3) is 0.500. The second-order valence-electron chi connectivity index (χ2n) is 4.11. The van der Waals surface area contributed by atoms with Crippen LogP contribution in [0.25, 0.3) is 11.5 Å². The zero-order valence-corrected chi connectivity index (χ0v) is 9.72. The summed E-state index contributed by atoms with van der Waals surface area (Å²) >= 11 is 0. The van der Waals surface area contributed by atoms with Gasteiger partial charge in [0.1, 0.15) is 5.69 Å². The van der Waals surface area contributed by atoms with Crippen LogP contribution in [0.2, 0.25) is 0 Å². The van der Waals surface area contributed by atoms with Crippen LogP contribution >= 0.6 is 0 Å². The van der Waals surface area contributed by atoms with Gasteiger partial charge in [0.25, 0.3) is 0 Å². The predicted molar refractivity (Wildman–Crippen MR) is 63.7 cm³/mol. The van der Waals surface area contributed by atoms with Crippen molar-refractivity contribution in [3.8, 4) is 11.5 Å². The number of aryl methyl sites for hydroxylation is 1. The molecule has 90 valence electrons. The Morgan fingerprint density at radius 1 is 1.29 bits per heavy atom. The van der Waals surface area contributed by atoms with Crippen molar-refractivity contribution in [1.29, 1.82) is 0 Å². The molecule has 0 spiro atoms. The van der Waals surface area contributed by atoms with Crippen LogP contribution in [0.5, 0.6) is 0 Å². The van der Waals surface area contributed by atoms with E-state index in [2.05, 4.69) is 30.4 Å². The summed E-state index contributed by atoms with van der Waals surface area (Å²) < 4.78 is 1.92. The molecule has 0 aromatic carbocycles. The Kier molecular flexibility index (Phi) is 2.52. The zero-order valence-electron chi connectivity index (χ0n) is 9.72. The van der Waals surface area contributed by atoms with Gasteiger partial charge in [0, 0.05) is 33.2 Å². The predicted octanol–water partition coefficient (Wildman–Crippen LogP) is -0.385. The van der Waals surface area contributed by atoms with Crippen LogP contribution in [0.4, 0.5) is 5.95 Å². The molecule has 1 saturated heterocycles. The third-order valence-electron chi connectivity index (χ3n) is 2.93. The number of piperazine rings is 1. The molecule has 0 unspecified atom stereocenters. The quantitative estimate of drug-likeness (QED) is 0.739. The molecule has 0 saturated carbocycles. The first-order valence-corrected chi connectivity index (χ1v) is 5.69. The molecule has 3 rings (SSSR count). The van der Waals surface area contributed by atoms with Gasteiger partial charge in [0.2, 0.25) is 5.95 Å². The van der Waals surface area contributed by atoms with E-state index in [1.807, 2.05) is 11.6 Å². The molecule has 0 bridgehead atoms. The van der Waals surface area contributed by atoms with E-state index in [9.17, 15) is 0 Å². The molecule has 2 N–H and O–H groups in total. The van der Waals surface area contributed by atoms with Gasteiger partial charge < -0.3 is 14.8 Å². The molecular weight excluding hydrogens is 218 g/mol. The number of hydrogen-bond donors (Lipinski definition) is 2. The van der Waals surface area contributed by atoms with Gasteiger partial charge in [-0.3, -0.25) is 5.10 Å². The first kappa shape index (κ1) is 10.3. The summed E-state index contributed by atoms with van der Waals surface area (Å²) in [4.78, 5) is 10.8. The van der Waals surface area contributed by atoms with E-state index in [0.717, 1.165) is 43.6 Å². The molecule has 2 aromatic rings. The molecule has 0 amide bonds. The third kappa shape index (κ3) is 1.89. The van der Waals surface area contributed by atoms with Crippen molar-refractivity contribution in [2.45, 2.75) is 0 Å². The van der Waals surface area contributed by atoms with Gasteiger partial charge in [-0.05, 0) is 0 Å². The van der Waals surface area contributed by atoms with E-state index in [-0.39, 0.29) is 0 Å². The van der Waals surface area contributed by atoms with Gasteiger partial charge in [0.05, 0.1) is 12.5 Å². The number of imidazole rings is 1. The number of anilines is 1. The maximum absolute atomic E-state index is 4.51. The minimum absolute atomic E-state index is 0.763. The molecule has 7 nitrogen and oxygen atoms in total. The highest BCUT2D eigenvalue weighted by Crippen LogP contribution is 2.16. The van der Waals surface area contributed by atoms with Crippen LogP contribution in [0.1, 0.15) is 0 Å². The lowest BCUT2D eigenvalue weighted by atomic mass is 10.4. The molecule has 1 aliphatic rings. The zero-order chi connectivity index (χ0) is 11.7. The summed E-state index contributed by atoms with van der Waals surface area (Å²) in [6.07, 6.45) is 3.53. The average Bonchev–Trinajstić information content (AvgIpc) is 2.98. The summed E-state index contributed by atoms with van der Waals surface area (Å²) in [6, 6.07) is 0. The van der Waals surface area contributed by atoms with Crippen LogP contribution in [0.15, 0.2) is 12.5 Å². The van der Waals surface area contributed by atoms with Gasteiger partial charge >= 0.3 is 0 Å². The Morgan fingerprint density at radius 3 is 2.82 bits per heavy atom. The highest BCUT2D eigenvalue weighted by atomic mass is 15.4. The van der Waals surface area contributed by atoms with E-state index in [4.69, 9.17) is 0 Å². The fourth-order valence-corrected chi connectivity index (χ4v) is 1.96. The van der Waals surface area contributed by atoms with Crippen molar-refractivity contribution in [2.75, 3.05) is 31.1 Å². The van der Waals surface area contributed by atoms with Crippen LogP contribution in [-0.2, 0) is 7.05 Å². The number of hydrogen-bond acceptors (Lipinski definition) is 5. The number of rotatable bonds is 2. The highest BCUT2D eigenvalue weighted by molar-refractivity contribution is 5.50. The molecular formula is C10H15N7. The first-order valence-electron chi connectivity index (χ1n) is 5.69. The summed E-state index contributed by atoms with van der Waals surface area (Å²) in [6.45, 7) is 3.86. The summed E-state index contributed by atoms with van der Waals surface area (Å²) in [5, 5.41) is 10.5. The molecule has 3 heterocycles. The number of nitrogens with one attached hydrogen (secondary N) is 2. The van der Waals surface area contributed by atoms with Crippen molar-refractivity contribution in [3.05, 3.63) is 12.5 Å². The standard InChI is InChI=1S/C10H15N7/c1-16-7-12-6-8(16)9-13-10(15-14-9)17-4-2-11-3-5-17/h6-7,11H,2-5H2,1H3,(H,13,14,15). The normalized spacial score (nSPS) is 16.4. The topological polar surface area (TPSA) is 74.7 Å². The second-order valence-corrected chi connectivity index (χ2v) is 4.11. The van der Waals surface area contributed by atoms with E-state index < -0.39 is 0 Å². The Balaban J connectivity index is 1.85. The fourth-order valence-electron chi connectivity index (χ4n) is 1.96. The van der Waals surface area contributed by atoms with Gasteiger partial charge in [-0.25, -0.2) is 4.98 Å². The van der Waals surface area contributed by atoms with Crippen molar-refractivity contribution >= 4 is 5.95 Å². The van der Waals surface area contributed by atoms with Crippen molar-refractivity contribution in [1.82, 2.24) is 30.0 Å². The minimum atomic E-state index is 0.763. The highest BCUT2D eigenvalue weighted by Gasteiger charge is 2.16. The number of nitrogens with zero attached hydrogens (tertiary/aromatic N) is 5. The molecule has 2 aromatic heterocycles. The van der Waals surface area contributed by atoms with E-state index >= 15 is 0 Å². The van der Waals surface area contributed by atoms with E-state index in [1.165, 1.54) is 0 Å². The number of aromatic amines is 1. The minimum Gasteiger partial charge on any atom is -0.337 e. The van der Waals surface area contributed by atoms with E-state index in [1.54, 1.807) is 12.5 Å². The van der Waals surface area contributed by atoms with Gasteiger partial charge in [-0.1, -0.05) is 0 Å². The summed E-state index contributed by atoms with van der Waals surface area (Å²) in [5.74, 6) is 1.53. The Morgan fingerprint density at radius 2 is 2.12 bits per heavy atom. The maximum atomic E-state index is 4.51. The lowest BCUT2D eigenvalue weighted by Gasteiger charge is -2.25. The van der Waals surface area contributed by atoms with Gasteiger partial charge in [0.15, 0.2) is 5.82 Å². The SMILES string of the molecule is Cn1cncc1-c1nc(N2CCNCC2)n[nH]1. The summed E-state index contributed by atoms with van der Waals surface area (Å²) in [5.41, 5.74) is 0.943. The molecule has 1 aliphatic heterocycles. The number of H-pyrrole nitrogens is 1. The second kappa shape index (κ2) is 4.17. The van der Waals surface area contributed by atoms with Gasteiger partial charge in [-0.2, -0.15) is 4.98 Å². The monoisotopic (exact) mass is 233 g/mol. The Bertz CT molecular complexity index is 494. The molecule has 0 atom stereocenters. The lowest BCUT2D eigenvalue weighted by Crippen LogP contribution is -2.44. The van der Waals surface area contributed by atoms with Crippen molar-refractivity contribution < 1.29 is 0 Å². The molecule has 17 heavy (non-hydrogen) atoms. The Hall–Kier alpha value is -1.89. The third-order valence-corrected chi connectivity index (χ3v) is 2.93. The smallest absolute Gasteiger partial charge is 0.245 e. The molecule has 0 radical (unpaired) electrons. The van der Waals surface area contributed by atoms with E-state index in [0.29, 0.717) is 0 Å². The van der Waals surface area contributed by atoms with Crippen LogP contribution in [0, 0.1) is 0 Å². The maximum Gasteiger partial charge on any atom is 0.245 e. The Labute approximate surface area is 98.9 Å². The molecule has 7 heteroatoms. The van der Waals surface area contributed by atoms with Gasteiger partial charge in [-0.15, -0.1) is 5.10 Å². The first-order chi connectivity index (χ1) is 8.34. The molecule has 0 aliphatic carbocycles. The number of aromatic nitrogens is 5. The molecule has 1 fully saturated rings. The van der Waals surface area contributed by atoms with Crippen molar-refractivity contribution in [2.24, 2.45) is 7.05 Å². The largest absolute Gasteiger partial charge is 0.337 e.